The zero-order valence-electron chi connectivity index (χ0n) is 18.0. The van der Waals surface area contributed by atoms with E-state index in [1.807, 2.05) is 48.2 Å². The molecule has 1 N–H and O–H groups in total. The predicted octanol–water partition coefficient (Wildman–Crippen LogP) is 3.83. The number of aromatic nitrogens is 1. The minimum absolute atomic E-state index is 0.0143. The standard InChI is InChI=1S/C23H26N4O4S/c1-2-32-20-18(9-6-12-24-20)21(28)27-13-10-23(11-14-27)15-19(26-31-23)30-22(29)25-16-17-7-4-3-5-8-17/h3-9,12H,2,10-11,13-16H2,1H3,(H,25,29). The Kier molecular flexibility index (Phi) is 6.94. The van der Waals surface area contributed by atoms with E-state index < -0.39 is 11.7 Å². The smallest absolute Gasteiger partial charge is 0.392 e. The lowest BCUT2D eigenvalue weighted by Gasteiger charge is -2.37. The second kappa shape index (κ2) is 10.0. The van der Waals surface area contributed by atoms with Crippen LogP contribution in [-0.4, -0.2) is 52.2 Å². The van der Waals surface area contributed by atoms with Crippen molar-refractivity contribution in [3.05, 3.63) is 59.8 Å². The molecule has 32 heavy (non-hydrogen) atoms. The van der Waals surface area contributed by atoms with Crippen LogP contribution in [0.1, 0.15) is 42.1 Å². The maximum atomic E-state index is 13.0. The van der Waals surface area contributed by atoms with Gasteiger partial charge in [-0.05, 0) is 23.4 Å². The number of benzene rings is 1. The Bertz CT molecular complexity index is 991. The molecule has 168 valence electrons. The van der Waals surface area contributed by atoms with Crippen molar-refractivity contribution < 1.29 is 19.2 Å². The first-order valence-electron chi connectivity index (χ1n) is 10.7. The average molecular weight is 455 g/mol. The van der Waals surface area contributed by atoms with Gasteiger partial charge in [-0.25, -0.2) is 9.78 Å². The molecule has 0 saturated carbocycles. The number of oxime groups is 1. The second-order valence-corrected chi connectivity index (χ2v) is 9.00. The summed E-state index contributed by atoms with van der Waals surface area (Å²) in [5.74, 6) is 1.11. The number of hydrogen-bond donors (Lipinski definition) is 1. The third kappa shape index (κ3) is 5.21. The van der Waals surface area contributed by atoms with Gasteiger partial charge >= 0.3 is 6.09 Å². The van der Waals surface area contributed by atoms with Gasteiger partial charge in [-0.3, -0.25) is 4.79 Å². The van der Waals surface area contributed by atoms with Gasteiger partial charge in [0.25, 0.3) is 5.91 Å². The van der Waals surface area contributed by atoms with E-state index in [2.05, 4.69) is 15.5 Å². The summed E-state index contributed by atoms with van der Waals surface area (Å²) in [6.07, 6.45) is 2.81. The molecule has 0 unspecified atom stereocenters. The Morgan fingerprint density at radius 2 is 1.97 bits per heavy atom. The summed E-state index contributed by atoms with van der Waals surface area (Å²) >= 11 is 1.57. The Hall–Kier alpha value is -3.07. The SMILES string of the molecule is CCSc1ncccc1C(=O)N1CCC2(CC1)CC(OC(=O)NCc1ccccc1)=NO2. The summed E-state index contributed by atoms with van der Waals surface area (Å²) in [4.78, 5) is 37.0. The van der Waals surface area contributed by atoms with Crippen LogP contribution >= 0.6 is 11.8 Å². The number of carbonyl (C=O) groups is 2. The highest BCUT2D eigenvalue weighted by Gasteiger charge is 2.44. The number of carbonyl (C=O) groups excluding carboxylic acids is 2. The van der Waals surface area contributed by atoms with Crippen molar-refractivity contribution in [1.29, 1.82) is 0 Å². The van der Waals surface area contributed by atoms with Crippen molar-refractivity contribution in [2.75, 3.05) is 18.8 Å². The number of piperidine rings is 1. The van der Waals surface area contributed by atoms with E-state index in [-0.39, 0.29) is 11.8 Å². The topological polar surface area (TPSA) is 93.1 Å². The molecule has 2 aromatic rings. The van der Waals surface area contributed by atoms with Crippen molar-refractivity contribution in [2.45, 2.75) is 43.4 Å². The molecule has 0 bridgehead atoms. The van der Waals surface area contributed by atoms with Gasteiger partial charge < -0.3 is 19.8 Å². The number of rotatable bonds is 5. The molecule has 1 spiro atoms. The van der Waals surface area contributed by atoms with Crippen molar-refractivity contribution in [3.8, 4) is 0 Å². The molecule has 1 fully saturated rings. The lowest BCUT2D eigenvalue weighted by molar-refractivity contribution is -0.0568. The minimum Gasteiger partial charge on any atom is -0.392 e. The Morgan fingerprint density at radius 3 is 2.72 bits per heavy atom. The number of nitrogens with zero attached hydrogens (tertiary/aromatic N) is 3. The quantitative estimate of drug-likeness (QED) is 0.691. The van der Waals surface area contributed by atoms with Gasteiger partial charge in [0.15, 0.2) is 0 Å². The van der Waals surface area contributed by atoms with Crippen LogP contribution in [0.5, 0.6) is 0 Å². The summed E-state index contributed by atoms with van der Waals surface area (Å²) < 4.78 is 5.33. The highest BCUT2D eigenvalue weighted by molar-refractivity contribution is 7.99. The first-order chi connectivity index (χ1) is 15.6. The molecule has 0 radical (unpaired) electrons. The molecular weight excluding hydrogens is 428 g/mol. The lowest BCUT2D eigenvalue weighted by Crippen LogP contribution is -2.47. The largest absolute Gasteiger partial charge is 0.414 e. The molecule has 1 saturated heterocycles. The van der Waals surface area contributed by atoms with E-state index in [1.54, 1.807) is 24.0 Å². The van der Waals surface area contributed by atoms with E-state index in [4.69, 9.17) is 9.57 Å². The maximum Gasteiger partial charge on any atom is 0.414 e. The van der Waals surface area contributed by atoms with Crippen LogP contribution in [-0.2, 0) is 16.1 Å². The summed E-state index contributed by atoms with van der Waals surface area (Å²) in [7, 11) is 0. The summed E-state index contributed by atoms with van der Waals surface area (Å²) in [6, 6.07) is 13.2. The van der Waals surface area contributed by atoms with Crippen molar-refractivity contribution in [1.82, 2.24) is 15.2 Å². The van der Waals surface area contributed by atoms with Crippen LogP contribution in [0.4, 0.5) is 4.79 Å². The van der Waals surface area contributed by atoms with Gasteiger partial charge in [-0.1, -0.05) is 42.4 Å². The van der Waals surface area contributed by atoms with Crippen LogP contribution in [0, 0.1) is 0 Å². The van der Waals surface area contributed by atoms with Gasteiger partial charge in [-0.15, -0.1) is 11.8 Å². The van der Waals surface area contributed by atoms with E-state index in [0.717, 1.165) is 16.3 Å². The number of hydrogen-bond acceptors (Lipinski definition) is 7. The summed E-state index contributed by atoms with van der Waals surface area (Å²) in [6.45, 7) is 3.51. The van der Waals surface area contributed by atoms with Gasteiger partial charge in [0, 0.05) is 38.7 Å². The second-order valence-electron chi connectivity index (χ2n) is 7.75. The molecule has 0 aliphatic carbocycles. The first kappa shape index (κ1) is 22.1. The van der Waals surface area contributed by atoms with Gasteiger partial charge in [0.2, 0.25) is 5.90 Å². The number of alkyl carbamates (subject to hydrolysis) is 1. The molecule has 2 amide bonds. The third-order valence-corrected chi connectivity index (χ3v) is 6.44. The summed E-state index contributed by atoms with van der Waals surface area (Å²) in [5, 5.41) is 7.47. The fraction of sp³-hybridized carbons (Fsp3) is 0.391. The fourth-order valence-electron chi connectivity index (χ4n) is 3.82. The number of likely N-dealkylation sites (tertiary alicyclic amines) is 1. The van der Waals surface area contributed by atoms with Crippen LogP contribution < -0.4 is 5.32 Å². The number of nitrogens with one attached hydrogen (secondary N) is 1. The van der Waals surface area contributed by atoms with E-state index in [0.29, 0.717) is 44.5 Å². The molecule has 1 aromatic heterocycles. The van der Waals surface area contributed by atoms with Crippen molar-refractivity contribution >= 4 is 29.7 Å². The minimum atomic E-state index is -0.557. The maximum absolute atomic E-state index is 13.0. The highest BCUT2D eigenvalue weighted by atomic mass is 32.2. The Balaban J connectivity index is 1.26. The van der Waals surface area contributed by atoms with E-state index >= 15 is 0 Å². The molecule has 0 atom stereocenters. The normalized spacial score (nSPS) is 16.9. The van der Waals surface area contributed by atoms with Crippen LogP contribution in [0.25, 0.3) is 0 Å². The van der Waals surface area contributed by atoms with Crippen LogP contribution in [0.15, 0.2) is 58.8 Å². The molecule has 3 heterocycles. The molecule has 1 aromatic carbocycles. The van der Waals surface area contributed by atoms with Gasteiger partial charge in [0.05, 0.1) is 12.0 Å². The number of ether oxygens (including phenoxy) is 1. The van der Waals surface area contributed by atoms with E-state index in [9.17, 15) is 9.59 Å². The van der Waals surface area contributed by atoms with Crippen LogP contribution in [0.3, 0.4) is 0 Å². The van der Waals surface area contributed by atoms with Gasteiger partial charge in [-0.2, -0.15) is 0 Å². The Morgan fingerprint density at radius 1 is 1.19 bits per heavy atom. The highest BCUT2D eigenvalue weighted by Crippen LogP contribution is 2.35. The van der Waals surface area contributed by atoms with Gasteiger partial charge in [0.1, 0.15) is 10.6 Å². The monoisotopic (exact) mass is 454 g/mol. The molecule has 9 heteroatoms. The fourth-order valence-corrected chi connectivity index (χ4v) is 4.54. The molecule has 2 aliphatic heterocycles. The Labute approximate surface area is 191 Å². The predicted molar refractivity (Wildman–Crippen MR) is 121 cm³/mol. The average Bonchev–Trinajstić information content (AvgIpc) is 3.20. The van der Waals surface area contributed by atoms with E-state index in [1.165, 1.54) is 0 Å². The molecule has 2 aliphatic rings. The number of amides is 2. The number of thioether (sulfide) groups is 1. The third-order valence-electron chi connectivity index (χ3n) is 5.55. The van der Waals surface area contributed by atoms with Crippen molar-refractivity contribution in [2.24, 2.45) is 5.16 Å². The van der Waals surface area contributed by atoms with Crippen molar-refractivity contribution in [3.63, 3.8) is 0 Å². The lowest BCUT2D eigenvalue weighted by atomic mass is 9.88. The zero-order chi connectivity index (χ0) is 22.4. The van der Waals surface area contributed by atoms with Crippen LogP contribution in [0.2, 0.25) is 0 Å². The molecule has 8 nitrogen and oxygen atoms in total. The number of pyridine rings is 1. The zero-order valence-corrected chi connectivity index (χ0v) is 18.8. The molecule has 4 rings (SSSR count). The first-order valence-corrected chi connectivity index (χ1v) is 11.7. The molecular formula is C23H26N4O4S. The summed E-state index contributed by atoms with van der Waals surface area (Å²) in [5.41, 5.74) is 1.09.